The summed E-state index contributed by atoms with van der Waals surface area (Å²) in [5.74, 6) is -0.232. The molecule has 1 amide bonds. The van der Waals surface area contributed by atoms with Crippen LogP contribution < -0.4 is 4.74 Å². The molecule has 0 radical (unpaired) electrons. The number of nitrogens with zero attached hydrogens (tertiary/aromatic N) is 2. The molecule has 2 aromatic rings. The summed E-state index contributed by atoms with van der Waals surface area (Å²) in [5, 5.41) is 9.07. The van der Waals surface area contributed by atoms with Crippen LogP contribution in [0.4, 0.5) is 4.39 Å². The van der Waals surface area contributed by atoms with Gasteiger partial charge >= 0.3 is 0 Å². The van der Waals surface area contributed by atoms with Crippen molar-refractivity contribution in [3.05, 3.63) is 64.4 Å². The second kappa shape index (κ2) is 8.32. The van der Waals surface area contributed by atoms with Crippen LogP contribution in [0.1, 0.15) is 18.1 Å². The summed E-state index contributed by atoms with van der Waals surface area (Å²) in [5.41, 5.74) is 1.13. The van der Waals surface area contributed by atoms with Gasteiger partial charge < -0.3 is 9.64 Å². The first-order valence-corrected chi connectivity index (χ1v) is 7.76. The van der Waals surface area contributed by atoms with E-state index in [4.69, 9.17) is 21.6 Å². The molecule has 6 heteroatoms. The Hall–Kier alpha value is -2.58. The Labute approximate surface area is 145 Å². The molecule has 0 saturated carbocycles. The number of halogens is 2. The maximum absolute atomic E-state index is 13.2. The molecule has 2 aromatic carbocycles. The number of ether oxygens (including phenoxy) is 1. The smallest absolute Gasteiger partial charge is 0.260 e. The summed E-state index contributed by atoms with van der Waals surface area (Å²) in [7, 11) is 0. The normalized spacial score (nSPS) is 10.1. The second-order valence-corrected chi connectivity index (χ2v) is 5.49. The second-order valence-electron chi connectivity index (χ2n) is 5.08. The molecular weight excluding hydrogens is 331 g/mol. The van der Waals surface area contributed by atoms with E-state index in [1.54, 1.807) is 29.2 Å². The number of likely N-dealkylation sites (N-methyl/N-ethyl adjacent to an activating group) is 1. The summed E-state index contributed by atoms with van der Waals surface area (Å²) in [6, 6.07) is 12.7. The molecule has 4 nitrogen and oxygen atoms in total. The highest BCUT2D eigenvalue weighted by molar-refractivity contribution is 6.32. The summed E-state index contributed by atoms with van der Waals surface area (Å²) in [6.45, 7) is 2.43. The van der Waals surface area contributed by atoms with Crippen molar-refractivity contribution in [1.82, 2.24) is 4.90 Å². The van der Waals surface area contributed by atoms with E-state index < -0.39 is 0 Å². The van der Waals surface area contributed by atoms with Gasteiger partial charge in [0.2, 0.25) is 0 Å². The molecule has 124 valence electrons. The first-order chi connectivity index (χ1) is 11.5. The number of carbonyl (C=O) groups excluding carboxylic acids is 1. The van der Waals surface area contributed by atoms with Gasteiger partial charge in [0.05, 0.1) is 16.7 Å². The van der Waals surface area contributed by atoms with Crippen LogP contribution in [-0.4, -0.2) is 24.0 Å². The number of amides is 1. The standard InChI is InChI=1S/C18H16ClFN2O2/c1-2-22(11-14-4-3-5-15(20)8-14)18(23)12-24-17-7-6-13(10-21)9-16(17)19/h3-9H,2,11-12H2,1H3. The van der Waals surface area contributed by atoms with Crippen LogP contribution in [0.25, 0.3) is 0 Å². The van der Waals surface area contributed by atoms with Crippen LogP contribution in [0.2, 0.25) is 5.02 Å². The minimum absolute atomic E-state index is 0.186. The Morgan fingerprint density at radius 2 is 2.12 bits per heavy atom. The lowest BCUT2D eigenvalue weighted by atomic mass is 10.2. The molecule has 0 saturated heterocycles. The fourth-order valence-electron chi connectivity index (χ4n) is 2.15. The van der Waals surface area contributed by atoms with E-state index in [1.807, 2.05) is 13.0 Å². The number of rotatable bonds is 6. The van der Waals surface area contributed by atoms with Gasteiger partial charge in [-0.1, -0.05) is 23.7 Å². The van der Waals surface area contributed by atoms with Gasteiger partial charge in [0, 0.05) is 13.1 Å². The van der Waals surface area contributed by atoms with Crippen molar-refractivity contribution in [2.24, 2.45) is 0 Å². The third kappa shape index (κ3) is 4.71. The van der Waals surface area contributed by atoms with Gasteiger partial charge in [-0.05, 0) is 42.8 Å². The van der Waals surface area contributed by atoms with E-state index in [1.165, 1.54) is 18.2 Å². The van der Waals surface area contributed by atoms with E-state index in [-0.39, 0.29) is 23.4 Å². The lowest BCUT2D eigenvalue weighted by molar-refractivity contribution is -0.133. The Morgan fingerprint density at radius 1 is 1.33 bits per heavy atom. The fraction of sp³-hybridized carbons (Fsp3) is 0.222. The van der Waals surface area contributed by atoms with Crippen LogP contribution in [0.5, 0.6) is 5.75 Å². The Bertz CT molecular complexity index is 774. The number of hydrogen-bond donors (Lipinski definition) is 0. The van der Waals surface area contributed by atoms with E-state index in [0.29, 0.717) is 30.0 Å². The highest BCUT2D eigenvalue weighted by Gasteiger charge is 2.14. The molecule has 0 heterocycles. The third-order valence-corrected chi connectivity index (χ3v) is 3.70. The molecule has 0 aliphatic heterocycles. The van der Waals surface area contributed by atoms with E-state index >= 15 is 0 Å². The Morgan fingerprint density at radius 3 is 2.75 bits per heavy atom. The zero-order valence-corrected chi connectivity index (χ0v) is 13.9. The van der Waals surface area contributed by atoms with Crippen molar-refractivity contribution in [1.29, 1.82) is 5.26 Å². The molecule has 0 aliphatic carbocycles. The summed E-state index contributed by atoms with van der Waals surface area (Å²) >= 11 is 6.01. The largest absolute Gasteiger partial charge is 0.482 e. The van der Waals surface area contributed by atoms with Gasteiger partial charge in [0.15, 0.2) is 6.61 Å². The zero-order chi connectivity index (χ0) is 17.5. The van der Waals surface area contributed by atoms with E-state index in [2.05, 4.69) is 0 Å². The summed E-state index contributed by atoms with van der Waals surface area (Å²) < 4.78 is 18.7. The maximum Gasteiger partial charge on any atom is 0.260 e. The highest BCUT2D eigenvalue weighted by atomic mass is 35.5. The fourth-order valence-corrected chi connectivity index (χ4v) is 2.39. The SMILES string of the molecule is CCN(Cc1cccc(F)c1)C(=O)COc1ccc(C#N)cc1Cl. The zero-order valence-electron chi connectivity index (χ0n) is 13.1. The molecule has 0 aliphatic rings. The van der Waals surface area contributed by atoms with Gasteiger partial charge in [-0.2, -0.15) is 5.26 Å². The summed E-state index contributed by atoms with van der Waals surface area (Å²) in [6.07, 6.45) is 0. The lowest BCUT2D eigenvalue weighted by Gasteiger charge is -2.21. The molecule has 24 heavy (non-hydrogen) atoms. The third-order valence-electron chi connectivity index (χ3n) is 3.41. The lowest BCUT2D eigenvalue weighted by Crippen LogP contribution is -2.34. The first-order valence-electron chi connectivity index (χ1n) is 7.38. The minimum Gasteiger partial charge on any atom is -0.482 e. The number of benzene rings is 2. The van der Waals surface area contributed by atoms with Crippen LogP contribution in [0, 0.1) is 17.1 Å². The minimum atomic E-state index is -0.336. The summed E-state index contributed by atoms with van der Waals surface area (Å²) in [4.78, 5) is 13.8. The van der Waals surface area contributed by atoms with Crippen molar-refractivity contribution < 1.29 is 13.9 Å². The quantitative estimate of drug-likeness (QED) is 0.799. The van der Waals surface area contributed by atoms with Crippen LogP contribution in [0.3, 0.4) is 0 Å². The molecule has 0 aromatic heterocycles. The number of nitriles is 1. The van der Waals surface area contributed by atoms with Gasteiger partial charge in [-0.3, -0.25) is 4.79 Å². The predicted octanol–water partition coefficient (Wildman–Crippen LogP) is 3.78. The van der Waals surface area contributed by atoms with E-state index in [9.17, 15) is 9.18 Å². The average molecular weight is 347 g/mol. The van der Waals surface area contributed by atoms with Gasteiger partial charge in [-0.25, -0.2) is 4.39 Å². The predicted molar refractivity (Wildman–Crippen MR) is 89.2 cm³/mol. The van der Waals surface area contributed by atoms with Crippen molar-refractivity contribution >= 4 is 17.5 Å². The van der Waals surface area contributed by atoms with Crippen LogP contribution >= 0.6 is 11.6 Å². The van der Waals surface area contributed by atoms with Crippen LogP contribution in [-0.2, 0) is 11.3 Å². The molecule has 0 fully saturated rings. The monoisotopic (exact) mass is 346 g/mol. The van der Waals surface area contributed by atoms with Gasteiger partial charge in [0.25, 0.3) is 5.91 Å². The first kappa shape index (κ1) is 17.8. The highest BCUT2D eigenvalue weighted by Crippen LogP contribution is 2.25. The molecule has 0 unspecified atom stereocenters. The average Bonchev–Trinajstić information content (AvgIpc) is 2.58. The number of hydrogen-bond acceptors (Lipinski definition) is 3. The Balaban J connectivity index is 1.98. The molecule has 0 bridgehead atoms. The molecule has 0 spiro atoms. The van der Waals surface area contributed by atoms with Crippen molar-refractivity contribution in [3.8, 4) is 11.8 Å². The van der Waals surface area contributed by atoms with Gasteiger partial charge in [-0.15, -0.1) is 0 Å². The van der Waals surface area contributed by atoms with Gasteiger partial charge in [0.1, 0.15) is 11.6 Å². The topological polar surface area (TPSA) is 53.3 Å². The van der Waals surface area contributed by atoms with Crippen molar-refractivity contribution in [2.75, 3.05) is 13.2 Å². The van der Waals surface area contributed by atoms with Crippen LogP contribution in [0.15, 0.2) is 42.5 Å². The van der Waals surface area contributed by atoms with Crippen molar-refractivity contribution in [3.63, 3.8) is 0 Å². The molecule has 2 rings (SSSR count). The Kier molecular flexibility index (Phi) is 6.16. The van der Waals surface area contributed by atoms with Crippen molar-refractivity contribution in [2.45, 2.75) is 13.5 Å². The molecular formula is C18H16ClFN2O2. The maximum atomic E-state index is 13.2. The van der Waals surface area contributed by atoms with E-state index in [0.717, 1.165) is 0 Å². The molecule has 0 N–H and O–H groups in total. The number of carbonyl (C=O) groups is 1. The molecule has 0 atom stereocenters.